The third kappa shape index (κ3) is 8.32. The van der Waals surface area contributed by atoms with Gasteiger partial charge in [0.15, 0.2) is 17.4 Å². The van der Waals surface area contributed by atoms with Gasteiger partial charge in [0.25, 0.3) is 11.8 Å². The van der Waals surface area contributed by atoms with E-state index in [-0.39, 0.29) is 34.1 Å². The van der Waals surface area contributed by atoms with Crippen molar-refractivity contribution in [3.63, 3.8) is 0 Å². The van der Waals surface area contributed by atoms with Crippen molar-refractivity contribution in [1.82, 2.24) is 24.3 Å². The molecule has 258 valence electrons. The molecule has 2 heterocycles. The van der Waals surface area contributed by atoms with Crippen molar-refractivity contribution >= 4 is 52.9 Å². The number of nitrogens with one attached hydrogen (secondary N) is 1. The summed E-state index contributed by atoms with van der Waals surface area (Å²) in [4.78, 5) is 59.8. The number of halogens is 3. The van der Waals surface area contributed by atoms with E-state index < -0.39 is 23.0 Å². The molecule has 15 heteroatoms. The van der Waals surface area contributed by atoms with Crippen LogP contribution in [0.15, 0.2) is 36.5 Å². The van der Waals surface area contributed by atoms with Gasteiger partial charge in [-0.05, 0) is 56.8 Å². The van der Waals surface area contributed by atoms with Crippen LogP contribution < -0.4 is 15.8 Å². The predicted octanol–water partition coefficient (Wildman–Crippen LogP) is 3.95. The Labute approximate surface area is 288 Å². The zero-order chi connectivity index (χ0) is 35.2. The lowest BCUT2D eigenvalue weighted by molar-refractivity contribution is -0.119. The van der Waals surface area contributed by atoms with Crippen LogP contribution in [0.2, 0.25) is 10.0 Å². The Balaban J connectivity index is 1.36. The number of benzene rings is 2. The highest BCUT2D eigenvalue weighted by molar-refractivity contribution is 6.34. The van der Waals surface area contributed by atoms with Crippen molar-refractivity contribution in [3.05, 3.63) is 63.8 Å². The average molecular weight is 705 g/mol. The molecule has 3 N–H and O–H groups in total. The fraction of sp³-hybridized carbons (Fsp3) is 0.424. The number of methoxy groups -OCH3 is 1. The Morgan fingerprint density at radius 2 is 1.88 bits per heavy atom. The van der Waals surface area contributed by atoms with Crippen LogP contribution in [0.1, 0.15) is 40.7 Å². The smallest absolute Gasteiger partial charge is 0.291 e. The van der Waals surface area contributed by atoms with Crippen LogP contribution in [0.3, 0.4) is 0 Å². The molecule has 3 aromatic rings. The highest BCUT2D eigenvalue weighted by atomic mass is 35.5. The summed E-state index contributed by atoms with van der Waals surface area (Å²) in [6, 6.07) is 7.67. The average Bonchev–Trinajstić information content (AvgIpc) is 3.45. The summed E-state index contributed by atoms with van der Waals surface area (Å²) in [5, 5.41) is 2.76. The molecule has 1 aliphatic heterocycles. The third-order valence-corrected chi connectivity index (χ3v) is 9.44. The van der Waals surface area contributed by atoms with Crippen LogP contribution in [0.25, 0.3) is 11.3 Å². The minimum Gasteiger partial charge on any atom is -0.494 e. The molecule has 0 saturated carbocycles. The number of hydrogen-bond acceptors (Lipinski definition) is 8. The molecule has 0 aliphatic carbocycles. The molecule has 1 fully saturated rings. The Bertz CT molecular complexity index is 1680. The van der Waals surface area contributed by atoms with Crippen LogP contribution >= 0.6 is 23.2 Å². The lowest BCUT2D eigenvalue weighted by Crippen LogP contribution is -2.52. The molecule has 0 bridgehead atoms. The van der Waals surface area contributed by atoms with E-state index in [1.54, 1.807) is 37.2 Å². The van der Waals surface area contributed by atoms with Gasteiger partial charge in [-0.3, -0.25) is 24.2 Å². The first kappa shape index (κ1) is 36.8. The van der Waals surface area contributed by atoms with E-state index in [2.05, 4.69) is 15.2 Å². The minimum atomic E-state index is -0.718. The van der Waals surface area contributed by atoms with E-state index in [1.165, 1.54) is 30.0 Å². The molecule has 1 saturated heterocycles. The molecular weight excluding hydrogens is 664 g/mol. The second-order valence-corrected chi connectivity index (χ2v) is 12.8. The Kier molecular flexibility index (Phi) is 12.2. The molecule has 1 aliphatic rings. The molecular formula is C33H40Cl2FN7O5. The molecule has 3 amide bonds. The summed E-state index contributed by atoms with van der Waals surface area (Å²) >= 11 is 12.8. The number of anilines is 1. The van der Waals surface area contributed by atoms with Crippen LogP contribution in [0.5, 0.6) is 5.75 Å². The number of imidazole rings is 1. The second kappa shape index (κ2) is 15.9. The Morgan fingerprint density at radius 3 is 2.48 bits per heavy atom. The molecule has 1 atom stereocenters. The zero-order valence-electron chi connectivity index (χ0n) is 27.4. The number of primary amides is 1. The summed E-state index contributed by atoms with van der Waals surface area (Å²) in [6.45, 7) is 5.31. The van der Waals surface area contributed by atoms with Gasteiger partial charge in [-0.2, -0.15) is 0 Å². The zero-order valence-corrected chi connectivity index (χ0v) is 28.9. The molecule has 0 radical (unpaired) electrons. The predicted molar refractivity (Wildman–Crippen MR) is 182 cm³/mol. The van der Waals surface area contributed by atoms with Crippen molar-refractivity contribution in [1.29, 1.82) is 0 Å². The third-order valence-electron chi connectivity index (χ3n) is 8.76. The maximum atomic E-state index is 14.5. The van der Waals surface area contributed by atoms with E-state index in [0.29, 0.717) is 74.6 Å². The van der Waals surface area contributed by atoms with Crippen molar-refractivity contribution in [3.8, 4) is 17.0 Å². The molecule has 1 unspecified atom stereocenters. The van der Waals surface area contributed by atoms with Gasteiger partial charge in [-0.15, -0.1) is 0 Å². The number of amides is 3. The number of carbonyl (C=O) groups is 4. The molecule has 4 rings (SSSR count). The number of hydrogen-bond donors (Lipinski definition) is 2. The van der Waals surface area contributed by atoms with Crippen LogP contribution in [0, 0.1) is 11.2 Å². The van der Waals surface area contributed by atoms with Crippen molar-refractivity contribution in [2.45, 2.75) is 19.8 Å². The Morgan fingerprint density at radius 1 is 1.17 bits per heavy atom. The summed E-state index contributed by atoms with van der Waals surface area (Å²) in [6.07, 6.45) is 3.67. The molecule has 1 aromatic heterocycles. The molecule has 48 heavy (non-hydrogen) atoms. The van der Waals surface area contributed by atoms with Gasteiger partial charge in [0.05, 0.1) is 41.2 Å². The lowest BCUT2D eigenvalue weighted by atomic mass is 9.82. The van der Waals surface area contributed by atoms with Crippen molar-refractivity contribution < 1.29 is 28.3 Å². The molecule has 2 aromatic carbocycles. The first-order chi connectivity index (χ1) is 22.8. The number of piperazine rings is 1. The molecule has 12 nitrogen and oxygen atoms in total. The van der Waals surface area contributed by atoms with Crippen LogP contribution in [0.4, 0.5) is 10.1 Å². The Hall–Kier alpha value is -4.04. The standard InChI is InChI=1S/C33H40Cl2FN7O5/c1-5-33(20-44,10-11-40(2)18-27(37)45)19-42-12-14-43(15-13-42)32(47)22-7-6-21(16-24(22)34)39-31(46)30-38-17-25(41(30)3)23-8-9-26(48-4)29(36)28(23)35/h6-9,16-17,20H,5,10-15,18-19H2,1-4H3,(H2,37,45)(H,39,46). The first-order valence-corrected chi connectivity index (χ1v) is 16.2. The van der Waals surface area contributed by atoms with E-state index in [9.17, 15) is 23.6 Å². The number of rotatable bonds is 14. The highest BCUT2D eigenvalue weighted by Crippen LogP contribution is 2.35. The maximum absolute atomic E-state index is 14.5. The number of nitrogens with two attached hydrogens (primary N) is 1. The van der Waals surface area contributed by atoms with Gasteiger partial charge < -0.3 is 30.0 Å². The number of ether oxygens (including phenoxy) is 1. The number of nitrogens with zero attached hydrogens (tertiary/aromatic N) is 5. The summed E-state index contributed by atoms with van der Waals surface area (Å²) in [5.74, 6) is -1.87. The minimum absolute atomic E-state index is 0.00239. The first-order valence-electron chi connectivity index (χ1n) is 15.4. The van der Waals surface area contributed by atoms with Crippen molar-refractivity contribution in [2.24, 2.45) is 18.2 Å². The van der Waals surface area contributed by atoms with E-state index >= 15 is 0 Å². The van der Waals surface area contributed by atoms with Crippen molar-refractivity contribution in [2.75, 3.05) is 65.3 Å². The molecule has 0 spiro atoms. The maximum Gasteiger partial charge on any atom is 0.291 e. The lowest BCUT2D eigenvalue weighted by Gasteiger charge is -2.40. The summed E-state index contributed by atoms with van der Waals surface area (Å²) in [5.41, 5.74) is 6.13. The monoisotopic (exact) mass is 703 g/mol. The van der Waals surface area contributed by atoms with Crippen LogP contribution in [-0.4, -0.2) is 108 Å². The summed E-state index contributed by atoms with van der Waals surface area (Å²) < 4.78 is 21.0. The van der Waals surface area contributed by atoms with Gasteiger partial charge in [0, 0.05) is 56.4 Å². The normalized spacial score (nSPS) is 14.9. The fourth-order valence-electron chi connectivity index (χ4n) is 5.74. The SMILES string of the molecule is CCC(C=O)(CCN(C)CC(N)=O)CN1CCN(C(=O)c2ccc(NC(=O)c3ncc(-c4ccc(OC)c(F)c4Cl)n3C)cc2Cl)CC1. The fourth-order valence-corrected chi connectivity index (χ4v) is 6.26. The quantitative estimate of drug-likeness (QED) is 0.240. The second-order valence-electron chi connectivity index (χ2n) is 12.0. The van der Waals surface area contributed by atoms with E-state index in [1.807, 2.05) is 11.8 Å². The largest absolute Gasteiger partial charge is 0.494 e. The van der Waals surface area contributed by atoms with E-state index in [4.69, 9.17) is 33.7 Å². The van der Waals surface area contributed by atoms with Gasteiger partial charge in [0.1, 0.15) is 6.29 Å². The topological polar surface area (TPSA) is 143 Å². The summed E-state index contributed by atoms with van der Waals surface area (Å²) in [7, 11) is 4.74. The number of aromatic nitrogens is 2. The number of aldehydes is 1. The highest BCUT2D eigenvalue weighted by Gasteiger charge is 2.33. The van der Waals surface area contributed by atoms with Gasteiger partial charge in [-0.25, -0.2) is 9.37 Å². The number of carbonyl (C=O) groups excluding carboxylic acids is 4. The van der Waals surface area contributed by atoms with E-state index in [0.717, 1.165) is 6.29 Å². The van der Waals surface area contributed by atoms with Gasteiger partial charge in [-0.1, -0.05) is 30.1 Å². The number of likely N-dealkylation sites (N-methyl/N-ethyl adjacent to an activating group) is 1. The van der Waals surface area contributed by atoms with Gasteiger partial charge in [0.2, 0.25) is 5.91 Å². The van der Waals surface area contributed by atoms with Gasteiger partial charge >= 0.3 is 0 Å². The van der Waals surface area contributed by atoms with Crippen LogP contribution in [-0.2, 0) is 16.6 Å².